The largest absolute Gasteiger partial charge is 0.489 e. The second-order valence-electron chi connectivity index (χ2n) is 5.38. The van der Waals surface area contributed by atoms with Gasteiger partial charge in [-0.2, -0.15) is 0 Å². The molecule has 0 unspecified atom stereocenters. The van der Waals surface area contributed by atoms with E-state index in [-0.39, 0.29) is 12.5 Å². The van der Waals surface area contributed by atoms with Crippen LogP contribution in [0.1, 0.15) is 11.1 Å². The van der Waals surface area contributed by atoms with E-state index in [1.54, 1.807) is 12.1 Å². The number of anilines is 1. The minimum absolute atomic E-state index is 0.0339. The first-order valence-electron chi connectivity index (χ1n) is 7.52. The third kappa shape index (κ3) is 3.39. The van der Waals surface area contributed by atoms with Gasteiger partial charge in [0, 0.05) is 0 Å². The van der Waals surface area contributed by atoms with E-state index in [0.717, 1.165) is 16.9 Å². The minimum atomic E-state index is -0.180. The van der Waals surface area contributed by atoms with Crippen molar-refractivity contribution in [3.05, 3.63) is 47.5 Å². The summed E-state index contributed by atoms with van der Waals surface area (Å²) in [6, 6.07) is 11.5. The molecule has 120 valence electrons. The van der Waals surface area contributed by atoms with Gasteiger partial charge in [-0.15, -0.1) is 0 Å². The lowest BCUT2D eigenvalue weighted by molar-refractivity contribution is -0.118. The Kier molecular flexibility index (Phi) is 4.37. The number of hydrogen-bond acceptors (Lipinski definition) is 4. The number of para-hydroxylation sites is 2. The highest BCUT2D eigenvalue weighted by Gasteiger charge is 2.19. The molecule has 0 spiro atoms. The van der Waals surface area contributed by atoms with Crippen molar-refractivity contribution in [1.29, 1.82) is 0 Å². The molecule has 1 amide bonds. The highest BCUT2D eigenvalue weighted by atomic mass is 16.5. The van der Waals surface area contributed by atoms with E-state index in [1.165, 1.54) is 0 Å². The smallest absolute Gasteiger partial charge is 0.262 e. The Labute approximate surface area is 135 Å². The summed E-state index contributed by atoms with van der Waals surface area (Å²) >= 11 is 0. The van der Waals surface area contributed by atoms with Gasteiger partial charge in [-0.05, 0) is 37.1 Å². The van der Waals surface area contributed by atoms with Crippen LogP contribution in [0.4, 0.5) is 5.69 Å². The molecule has 23 heavy (non-hydrogen) atoms. The van der Waals surface area contributed by atoms with Crippen molar-refractivity contribution in [3.63, 3.8) is 0 Å². The lowest BCUT2D eigenvalue weighted by Crippen LogP contribution is -2.26. The van der Waals surface area contributed by atoms with Crippen LogP contribution in [0.15, 0.2) is 36.4 Å². The Morgan fingerprint density at radius 3 is 2.52 bits per heavy atom. The van der Waals surface area contributed by atoms with Gasteiger partial charge in [0.15, 0.2) is 6.61 Å². The normalized spacial score (nSPS) is 12.9. The Morgan fingerprint density at radius 2 is 1.74 bits per heavy atom. The van der Waals surface area contributed by atoms with Crippen molar-refractivity contribution in [2.75, 3.05) is 25.1 Å². The van der Waals surface area contributed by atoms with Gasteiger partial charge in [0.05, 0.1) is 0 Å². The molecule has 1 heterocycles. The van der Waals surface area contributed by atoms with Crippen molar-refractivity contribution in [2.45, 2.75) is 13.8 Å². The van der Waals surface area contributed by atoms with Gasteiger partial charge in [0.2, 0.25) is 0 Å². The highest BCUT2D eigenvalue weighted by molar-refractivity contribution is 5.97. The predicted octanol–water partition coefficient (Wildman–Crippen LogP) is 3.09. The third-order valence-electron chi connectivity index (χ3n) is 3.61. The molecular formula is C18H19NO4. The fourth-order valence-corrected chi connectivity index (χ4v) is 2.52. The molecule has 0 saturated heterocycles. The fourth-order valence-electron chi connectivity index (χ4n) is 2.52. The number of ether oxygens (including phenoxy) is 3. The number of amides is 1. The maximum Gasteiger partial charge on any atom is 0.262 e. The standard InChI is InChI=1S/C18H19NO4/c1-12-5-3-6-13(2)18(12)22-10-9-21-14-7-4-8-15-17(14)19-16(20)11-23-15/h3-8H,9-11H2,1-2H3,(H,19,20). The van der Waals surface area contributed by atoms with Gasteiger partial charge < -0.3 is 19.5 Å². The van der Waals surface area contributed by atoms with Gasteiger partial charge in [-0.3, -0.25) is 4.79 Å². The predicted molar refractivity (Wildman–Crippen MR) is 87.5 cm³/mol. The van der Waals surface area contributed by atoms with E-state index in [4.69, 9.17) is 14.2 Å². The maximum absolute atomic E-state index is 11.5. The van der Waals surface area contributed by atoms with Crippen molar-refractivity contribution >= 4 is 11.6 Å². The van der Waals surface area contributed by atoms with Gasteiger partial charge in [0.25, 0.3) is 5.91 Å². The van der Waals surface area contributed by atoms with E-state index in [9.17, 15) is 4.79 Å². The zero-order chi connectivity index (χ0) is 16.2. The monoisotopic (exact) mass is 313 g/mol. The number of carbonyl (C=O) groups excluding carboxylic acids is 1. The summed E-state index contributed by atoms with van der Waals surface area (Å²) in [6.45, 7) is 4.86. The molecule has 0 radical (unpaired) electrons. The molecule has 5 nitrogen and oxygen atoms in total. The van der Waals surface area contributed by atoms with Crippen molar-refractivity contribution in [2.24, 2.45) is 0 Å². The molecule has 3 rings (SSSR count). The molecular weight excluding hydrogens is 294 g/mol. The summed E-state index contributed by atoms with van der Waals surface area (Å²) < 4.78 is 16.9. The quantitative estimate of drug-likeness (QED) is 0.862. The Balaban J connectivity index is 1.61. The molecule has 1 aliphatic heterocycles. The van der Waals surface area contributed by atoms with Crippen molar-refractivity contribution < 1.29 is 19.0 Å². The van der Waals surface area contributed by atoms with Gasteiger partial charge in [-0.1, -0.05) is 24.3 Å². The number of hydrogen-bond donors (Lipinski definition) is 1. The summed E-state index contributed by atoms with van der Waals surface area (Å²) in [5.41, 5.74) is 2.78. The number of carbonyl (C=O) groups is 1. The van der Waals surface area contributed by atoms with Crippen molar-refractivity contribution in [1.82, 2.24) is 0 Å². The summed E-state index contributed by atoms with van der Waals surface area (Å²) in [6.07, 6.45) is 0. The average Bonchev–Trinajstić information content (AvgIpc) is 2.54. The van der Waals surface area contributed by atoms with E-state index in [0.29, 0.717) is 30.4 Å². The maximum atomic E-state index is 11.5. The lowest BCUT2D eigenvalue weighted by atomic mass is 10.1. The zero-order valence-corrected chi connectivity index (χ0v) is 13.2. The summed E-state index contributed by atoms with van der Waals surface area (Å²) in [5.74, 6) is 1.92. The van der Waals surface area contributed by atoms with Crippen LogP contribution in [0, 0.1) is 13.8 Å². The topological polar surface area (TPSA) is 56.8 Å². The second-order valence-corrected chi connectivity index (χ2v) is 5.38. The molecule has 2 aromatic rings. The molecule has 0 saturated carbocycles. The van der Waals surface area contributed by atoms with Crippen LogP contribution >= 0.6 is 0 Å². The van der Waals surface area contributed by atoms with Crippen LogP contribution in [-0.2, 0) is 4.79 Å². The lowest BCUT2D eigenvalue weighted by Gasteiger charge is -2.20. The van der Waals surface area contributed by atoms with Crippen molar-refractivity contribution in [3.8, 4) is 17.2 Å². The average molecular weight is 313 g/mol. The van der Waals surface area contributed by atoms with Crippen LogP contribution in [0.2, 0.25) is 0 Å². The van der Waals surface area contributed by atoms with Gasteiger partial charge >= 0.3 is 0 Å². The van der Waals surface area contributed by atoms with Gasteiger partial charge in [-0.25, -0.2) is 0 Å². The number of fused-ring (bicyclic) bond motifs is 1. The number of aryl methyl sites for hydroxylation is 2. The first-order chi connectivity index (χ1) is 11.1. The van der Waals surface area contributed by atoms with Crippen LogP contribution in [-0.4, -0.2) is 25.7 Å². The van der Waals surface area contributed by atoms with Crippen LogP contribution in [0.3, 0.4) is 0 Å². The van der Waals surface area contributed by atoms with Crippen LogP contribution in [0.5, 0.6) is 17.2 Å². The molecule has 2 aromatic carbocycles. The number of nitrogens with one attached hydrogen (secondary N) is 1. The van der Waals surface area contributed by atoms with Crippen LogP contribution < -0.4 is 19.5 Å². The van der Waals surface area contributed by atoms with Crippen LogP contribution in [0.25, 0.3) is 0 Å². The van der Waals surface area contributed by atoms with E-state index >= 15 is 0 Å². The molecule has 1 aliphatic rings. The number of benzene rings is 2. The van der Waals surface area contributed by atoms with E-state index in [2.05, 4.69) is 5.32 Å². The molecule has 1 N–H and O–H groups in total. The number of rotatable bonds is 5. The molecule has 5 heteroatoms. The molecule has 0 bridgehead atoms. The molecule has 0 fully saturated rings. The Hall–Kier alpha value is -2.69. The summed E-state index contributed by atoms with van der Waals surface area (Å²) in [5, 5.41) is 2.78. The molecule has 0 aliphatic carbocycles. The zero-order valence-electron chi connectivity index (χ0n) is 13.2. The van der Waals surface area contributed by atoms with E-state index < -0.39 is 0 Å². The first kappa shape index (κ1) is 15.2. The SMILES string of the molecule is Cc1cccc(C)c1OCCOc1cccc2c1NC(=O)CO2. The Morgan fingerprint density at radius 1 is 1.04 bits per heavy atom. The first-order valence-corrected chi connectivity index (χ1v) is 7.52. The Bertz CT molecular complexity index is 707. The second kappa shape index (κ2) is 6.60. The summed E-state index contributed by atoms with van der Waals surface area (Å²) in [7, 11) is 0. The minimum Gasteiger partial charge on any atom is -0.489 e. The fraction of sp³-hybridized carbons (Fsp3) is 0.278. The van der Waals surface area contributed by atoms with E-state index in [1.807, 2.05) is 38.1 Å². The third-order valence-corrected chi connectivity index (χ3v) is 3.61. The molecule has 0 atom stereocenters. The summed E-state index contributed by atoms with van der Waals surface area (Å²) in [4.78, 5) is 11.5. The molecule has 0 aromatic heterocycles. The highest BCUT2D eigenvalue weighted by Crippen LogP contribution is 2.36. The van der Waals surface area contributed by atoms with Gasteiger partial charge in [0.1, 0.15) is 36.1 Å².